The molecule has 0 unspecified atom stereocenters. The van der Waals surface area contributed by atoms with E-state index in [4.69, 9.17) is 9.72 Å². The van der Waals surface area contributed by atoms with Crippen molar-refractivity contribution in [1.29, 1.82) is 0 Å². The Morgan fingerprint density at radius 1 is 1.30 bits per heavy atom. The highest BCUT2D eigenvalue weighted by Crippen LogP contribution is 2.29. The van der Waals surface area contributed by atoms with Gasteiger partial charge in [-0.15, -0.1) is 0 Å². The fraction of sp³-hybridized carbons (Fsp3) is 0.857. The molecule has 0 aliphatic carbocycles. The molecular formula is C14H24N4OS. The van der Waals surface area contributed by atoms with Crippen LogP contribution in [-0.4, -0.2) is 59.7 Å². The van der Waals surface area contributed by atoms with Crippen molar-refractivity contribution in [1.82, 2.24) is 14.3 Å². The van der Waals surface area contributed by atoms with Crippen LogP contribution in [0.3, 0.4) is 0 Å². The molecule has 0 N–H and O–H groups in total. The van der Waals surface area contributed by atoms with Gasteiger partial charge in [-0.05, 0) is 12.8 Å². The second-order valence-corrected chi connectivity index (χ2v) is 6.72. The maximum atomic E-state index is 5.43. The van der Waals surface area contributed by atoms with E-state index in [2.05, 4.69) is 28.0 Å². The molecule has 3 rings (SSSR count). The molecule has 6 heteroatoms. The van der Waals surface area contributed by atoms with E-state index in [-0.39, 0.29) is 0 Å². The largest absolute Gasteiger partial charge is 0.379 e. The summed E-state index contributed by atoms with van der Waals surface area (Å²) in [6.07, 6.45) is 2.54. The summed E-state index contributed by atoms with van der Waals surface area (Å²) >= 11 is 1.56. The molecule has 5 nitrogen and oxygen atoms in total. The minimum absolute atomic E-state index is 0.417. The van der Waals surface area contributed by atoms with E-state index in [1.807, 2.05) is 0 Å². The minimum Gasteiger partial charge on any atom is -0.379 e. The van der Waals surface area contributed by atoms with E-state index in [1.54, 1.807) is 11.5 Å². The lowest BCUT2D eigenvalue weighted by molar-refractivity contribution is 0.0355. The Morgan fingerprint density at radius 3 is 2.80 bits per heavy atom. The predicted molar refractivity (Wildman–Crippen MR) is 81.6 cm³/mol. The molecule has 2 aliphatic rings. The SMILES string of the molecule is CC(C)c1nsc(N2CCC[C@H]2CN2CCOCC2)n1. The number of anilines is 1. The first-order valence-corrected chi connectivity index (χ1v) is 8.41. The smallest absolute Gasteiger partial charge is 0.205 e. The van der Waals surface area contributed by atoms with E-state index in [0.717, 1.165) is 50.3 Å². The molecule has 1 aromatic heterocycles. The molecule has 1 aromatic rings. The zero-order valence-corrected chi connectivity index (χ0v) is 13.2. The average molecular weight is 296 g/mol. The van der Waals surface area contributed by atoms with Crippen LogP contribution in [0.25, 0.3) is 0 Å². The molecule has 112 valence electrons. The molecule has 3 heterocycles. The van der Waals surface area contributed by atoms with Crippen LogP contribution in [-0.2, 0) is 4.74 Å². The Morgan fingerprint density at radius 2 is 2.10 bits per heavy atom. The summed E-state index contributed by atoms with van der Waals surface area (Å²) in [5.41, 5.74) is 0. The van der Waals surface area contributed by atoms with Crippen LogP contribution in [0.4, 0.5) is 5.13 Å². The highest BCUT2D eigenvalue weighted by molar-refractivity contribution is 7.09. The average Bonchev–Trinajstić information content (AvgIpc) is 3.08. The number of ether oxygens (including phenoxy) is 1. The molecule has 0 radical (unpaired) electrons. The predicted octanol–water partition coefficient (Wildman–Crippen LogP) is 1.96. The number of nitrogens with zero attached hydrogens (tertiary/aromatic N) is 4. The molecule has 0 bridgehead atoms. The van der Waals surface area contributed by atoms with Gasteiger partial charge in [-0.2, -0.15) is 4.37 Å². The van der Waals surface area contributed by atoms with Gasteiger partial charge < -0.3 is 9.64 Å². The van der Waals surface area contributed by atoms with Crippen molar-refractivity contribution in [3.05, 3.63) is 5.82 Å². The van der Waals surface area contributed by atoms with Crippen LogP contribution >= 0.6 is 11.5 Å². The van der Waals surface area contributed by atoms with Crippen molar-refractivity contribution in [2.45, 2.75) is 38.6 Å². The van der Waals surface area contributed by atoms with Crippen molar-refractivity contribution in [3.63, 3.8) is 0 Å². The summed E-state index contributed by atoms with van der Waals surface area (Å²) in [5, 5.41) is 1.12. The first-order valence-electron chi connectivity index (χ1n) is 7.64. The van der Waals surface area contributed by atoms with Crippen LogP contribution in [0.2, 0.25) is 0 Å². The monoisotopic (exact) mass is 296 g/mol. The summed E-state index contributed by atoms with van der Waals surface area (Å²) in [5.74, 6) is 1.40. The lowest BCUT2D eigenvalue weighted by Gasteiger charge is -2.32. The molecule has 2 saturated heterocycles. The third-order valence-electron chi connectivity index (χ3n) is 4.14. The van der Waals surface area contributed by atoms with Crippen molar-refractivity contribution >= 4 is 16.7 Å². The zero-order valence-electron chi connectivity index (χ0n) is 12.4. The van der Waals surface area contributed by atoms with E-state index < -0.39 is 0 Å². The Kier molecular flexibility index (Phi) is 4.53. The third-order valence-corrected chi connectivity index (χ3v) is 4.91. The van der Waals surface area contributed by atoms with Gasteiger partial charge in [0.1, 0.15) is 5.82 Å². The van der Waals surface area contributed by atoms with Crippen LogP contribution < -0.4 is 4.90 Å². The van der Waals surface area contributed by atoms with Gasteiger partial charge >= 0.3 is 0 Å². The van der Waals surface area contributed by atoms with Crippen molar-refractivity contribution in [3.8, 4) is 0 Å². The first kappa shape index (κ1) is 14.2. The number of hydrogen-bond acceptors (Lipinski definition) is 6. The van der Waals surface area contributed by atoms with Crippen molar-refractivity contribution < 1.29 is 4.74 Å². The number of rotatable bonds is 4. The van der Waals surface area contributed by atoms with Gasteiger partial charge in [-0.25, -0.2) is 4.98 Å². The van der Waals surface area contributed by atoms with Crippen LogP contribution in [0.15, 0.2) is 0 Å². The van der Waals surface area contributed by atoms with Gasteiger partial charge in [-0.3, -0.25) is 4.90 Å². The summed E-state index contributed by atoms with van der Waals surface area (Å²) in [4.78, 5) is 9.72. The van der Waals surface area contributed by atoms with Crippen LogP contribution in [0.1, 0.15) is 38.4 Å². The van der Waals surface area contributed by atoms with Gasteiger partial charge in [0, 0.05) is 49.7 Å². The summed E-state index contributed by atoms with van der Waals surface area (Å²) in [7, 11) is 0. The minimum atomic E-state index is 0.417. The van der Waals surface area contributed by atoms with Crippen LogP contribution in [0, 0.1) is 0 Å². The quantitative estimate of drug-likeness (QED) is 0.849. The molecule has 1 atom stereocenters. The summed E-state index contributed by atoms with van der Waals surface area (Å²) in [6.45, 7) is 10.5. The second kappa shape index (κ2) is 6.37. The Labute approximate surface area is 125 Å². The maximum Gasteiger partial charge on any atom is 0.205 e. The lowest BCUT2D eigenvalue weighted by Crippen LogP contribution is -2.45. The Balaban J connectivity index is 1.64. The fourth-order valence-corrected chi connectivity index (χ4v) is 3.84. The summed E-state index contributed by atoms with van der Waals surface area (Å²) in [6, 6.07) is 0.598. The summed E-state index contributed by atoms with van der Waals surface area (Å²) < 4.78 is 9.93. The fourth-order valence-electron chi connectivity index (χ4n) is 2.94. The van der Waals surface area contributed by atoms with Gasteiger partial charge in [0.2, 0.25) is 5.13 Å². The topological polar surface area (TPSA) is 41.5 Å². The van der Waals surface area contributed by atoms with Crippen molar-refractivity contribution in [2.75, 3.05) is 44.3 Å². The van der Waals surface area contributed by atoms with E-state index in [9.17, 15) is 0 Å². The third kappa shape index (κ3) is 3.13. The highest BCUT2D eigenvalue weighted by atomic mass is 32.1. The van der Waals surface area contributed by atoms with Gasteiger partial charge in [0.15, 0.2) is 0 Å². The standard InChI is InChI=1S/C14H24N4OS/c1-11(2)13-15-14(20-16-13)18-5-3-4-12(18)10-17-6-8-19-9-7-17/h11-12H,3-10H2,1-2H3/t12-/m0/s1. The molecule has 0 spiro atoms. The Hall–Kier alpha value is -0.720. The number of aromatic nitrogens is 2. The lowest BCUT2D eigenvalue weighted by atomic mass is 10.2. The molecule has 0 amide bonds. The first-order chi connectivity index (χ1) is 9.74. The molecule has 2 fully saturated rings. The molecule has 0 saturated carbocycles. The van der Waals surface area contributed by atoms with Gasteiger partial charge in [0.25, 0.3) is 0 Å². The number of morpholine rings is 1. The Bertz CT molecular complexity index is 431. The van der Waals surface area contributed by atoms with Crippen molar-refractivity contribution in [2.24, 2.45) is 0 Å². The normalized spacial score (nSPS) is 24.8. The maximum absolute atomic E-state index is 5.43. The highest BCUT2D eigenvalue weighted by Gasteiger charge is 2.29. The van der Waals surface area contributed by atoms with Crippen LogP contribution in [0.5, 0.6) is 0 Å². The van der Waals surface area contributed by atoms with E-state index in [0.29, 0.717) is 12.0 Å². The van der Waals surface area contributed by atoms with E-state index in [1.165, 1.54) is 12.8 Å². The van der Waals surface area contributed by atoms with Gasteiger partial charge in [-0.1, -0.05) is 13.8 Å². The molecule has 20 heavy (non-hydrogen) atoms. The van der Waals surface area contributed by atoms with E-state index >= 15 is 0 Å². The van der Waals surface area contributed by atoms with Gasteiger partial charge in [0.05, 0.1) is 13.2 Å². The number of hydrogen-bond donors (Lipinski definition) is 0. The molecular weight excluding hydrogens is 272 g/mol. The zero-order chi connectivity index (χ0) is 13.9. The second-order valence-electron chi connectivity index (χ2n) is 5.99. The molecule has 0 aromatic carbocycles. The molecule has 2 aliphatic heterocycles.